The summed E-state index contributed by atoms with van der Waals surface area (Å²) in [7, 11) is 2.16. The topological polar surface area (TPSA) is 93.7 Å². The molecule has 9 nitrogen and oxygen atoms in total. The largest absolute Gasteiger partial charge is 0.352 e. The van der Waals surface area contributed by atoms with Crippen LogP contribution in [0.3, 0.4) is 0 Å². The third-order valence-electron chi connectivity index (χ3n) is 7.54. The molecule has 0 aliphatic carbocycles. The normalized spacial score (nSPS) is 22.5. The summed E-state index contributed by atoms with van der Waals surface area (Å²) in [6, 6.07) is 2.12. The maximum atomic E-state index is 12.8. The monoisotopic (exact) mass is 513 g/mol. The number of thiazole rings is 2. The number of hydrogen-bond acceptors (Lipinski definition) is 9. The summed E-state index contributed by atoms with van der Waals surface area (Å²) in [5.41, 5.74) is 2.86. The van der Waals surface area contributed by atoms with Crippen LogP contribution < -0.4 is 10.6 Å². The van der Waals surface area contributed by atoms with Gasteiger partial charge in [0.25, 0.3) is 0 Å². The van der Waals surface area contributed by atoms with Gasteiger partial charge < -0.3 is 25.3 Å². The Morgan fingerprint density at radius 2 is 1.40 bits per heavy atom. The van der Waals surface area contributed by atoms with E-state index in [2.05, 4.69) is 28.6 Å². The van der Waals surface area contributed by atoms with Crippen molar-refractivity contribution in [3.63, 3.8) is 0 Å². The van der Waals surface area contributed by atoms with E-state index in [4.69, 9.17) is 9.97 Å². The second-order valence-electron chi connectivity index (χ2n) is 10.1. The van der Waals surface area contributed by atoms with Gasteiger partial charge in [0.05, 0.1) is 33.5 Å². The highest BCUT2D eigenvalue weighted by Gasteiger charge is 2.40. The summed E-state index contributed by atoms with van der Waals surface area (Å²) in [6.45, 7) is 8.25. The molecule has 3 saturated heterocycles. The molecule has 3 aliphatic heterocycles. The fraction of sp³-hybridized carbons (Fsp3) is 0.583. The average molecular weight is 514 g/mol. The van der Waals surface area contributed by atoms with Gasteiger partial charge in [0, 0.05) is 44.8 Å². The van der Waals surface area contributed by atoms with Crippen LogP contribution in [0.2, 0.25) is 0 Å². The van der Waals surface area contributed by atoms with E-state index in [1.165, 1.54) is 0 Å². The summed E-state index contributed by atoms with van der Waals surface area (Å²) in [6.07, 6.45) is 2.19. The predicted octanol–water partition coefficient (Wildman–Crippen LogP) is 2.68. The molecule has 35 heavy (non-hydrogen) atoms. The average Bonchev–Trinajstić information content (AvgIpc) is 3.63. The highest BCUT2D eigenvalue weighted by Crippen LogP contribution is 2.37. The number of fused-ring (bicyclic) bond motifs is 3. The zero-order chi connectivity index (χ0) is 24.1. The second-order valence-corrected chi connectivity index (χ2v) is 12.1. The van der Waals surface area contributed by atoms with E-state index in [0.717, 1.165) is 88.4 Å². The smallest absolute Gasteiger partial charge is 0.241 e. The van der Waals surface area contributed by atoms with Gasteiger partial charge in [0.2, 0.25) is 11.8 Å². The predicted molar refractivity (Wildman–Crippen MR) is 141 cm³/mol. The maximum Gasteiger partial charge on any atom is 0.241 e. The van der Waals surface area contributed by atoms with Crippen molar-refractivity contribution in [3.05, 3.63) is 11.6 Å². The number of carbonyl (C=O) groups is 2. The van der Waals surface area contributed by atoms with Crippen LogP contribution >= 0.6 is 22.7 Å². The SMILES string of the molecule is Cc1c2nc(NCC(=O)N3CCCC3)sc2cc2sc(NCC(=O)N3CC4CN(C)CC4C3)nc12. The van der Waals surface area contributed by atoms with E-state index >= 15 is 0 Å². The van der Waals surface area contributed by atoms with Crippen LogP contribution in [0, 0.1) is 18.8 Å². The van der Waals surface area contributed by atoms with Crippen LogP contribution in [0.4, 0.5) is 10.3 Å². The van der Waals surface area contributed by atoms with E-state index < -0.39 is 0 Å². The molecule has 2 atom stereocenters. The van der Waals surface area contributed by atoms with Crippen molar-refractivity contribution in [3.8, 4) is 0 Å². The number of nitrogens with one attached hydrogen (secondary N) is 2. The van der Waals surface area contributed by atoms with Crippen molar-refractivity contribution in [2.75, 3.05) is 70.0 Å². The van der Waals surface area contributed by atoms with Crippen molar-refractivity contribution >= 4 is 65.2 Å². The Kier molecular flexibility index (Phi) is 6.01. The fourth-order valence-electron chi connectivity index (χ4n) is 5.70. The standard InChI is InChI=1S/C24H31N7O2S2/c1-14-21-17(34-23(27-21)25-8-19(32)30-5-3-4-6-30)7-18-22(14)28-24(35-18)26-9-20(33)31-12-15-10-29(2)11-16(15)13-31/h7,15-16H,3-6,8-13H2,1-2H3,(H,25,27)(H,26,28). The van der Waals surface area contributed by atoms with Crippen molar-refractivity contribution in [1.29, 1.82) is 0 Å². The summed E-state index contributed by atoms with van der Waals surface area (Å²) >= 11 is 3.13. The van der Waals surface area contributed by atoms with Crippen molar-refractivity contribution < 1.29 is 9.59 Å². The number of likely N-dealkylation sites (tertiary alicyclic amines) is 3. The number of nitrogens with zero attached hydrogens (tertiary/aromatic N) is 5. The molecule has 1 aromatic carbocycles. The van der Waals surface area contributed by atoms with E-state index in [-0.39, 0.29) is 24.9 Å². The summed E-state index contributed by atoms with van der Waals surface area (Å²) < 4.78 is 2.15. The number of anilines is 2. The van der Waals surface area contributed by atoms with Gasteiger partial charge in [-0.15, -0.1) is 0 Å². The van der Waals surface area contributed by atoms with Gasteiger partial charge in [-0.3, -0.25) is 9.59 Å². The lowest BCUT2D eigenvalue weighted by molar-refractivity contribution is -0.129. The molecule has 5 heterocycles. The minimum absolute atomic E-state index is 0.135. The van der Waals surface area contributed by atoms with E-state index in [9.17, 15) is 9.59 Å². The third kappa shape index (κ3) is 4.45. The van der Waals surface area contributed by atoms with E-state index in [0.29, 0.717) is 11.8 Å². The number of aromatic nitrogens is 2. The third-order valence-corrected chi connectivity index (χ3v) is 9.46. The van der Waals surface area contributed by atoms with Gasteiger partial charge in [-0.2, -0.15) is 0 Å². The van der Waals surface area contributed by atoms with Crippen LogP contribution in [0.5, 0.6) is 0 Å². The Hall–Kier alpha value is -2.50. The fourth-order valence-corrected chi connectivity index (χ4v) is 7.70. The lowest BCUT2D eigenvalue weighted by atomic mass is 10.0. The molecule has 3 aliphatic rings. The van der Waals surface area contributed by atoms with Crippen LogP contribution in [0.15, 0.2) is 6.07 Å². The van der Waals surface area contributed by atoms with Crippen LogP contribution in [0.1, 0.15) is 18.4 Å². The van der Waals surface area contributed by atoms with E-state index in [1.54, 1.807) is 22.7 Å². The molecule has 0 bridgehead atoms. The minimum Gasteiger partial charge on any atom is -0.352 e. The van der Waals surface area contributed by atoms with Crippen LogP contribution in [0.25, 0.3) is 20.4 Å². The first-order chi connectivity index (χ1) is 16.9. The molecule has 11 heteroatoms. The number of hydrogen-bond donors (Lipinski definition) is 2. The Morgan fingerprint density at radius 3 is 1.94 bits per heavy atom. The molecular weight excluding hydrogens is 482 g/mol. The Labute approximate surface area is 212 Å². The summed E-state index contributed by atoms with van der Waals surface area (Å²) in [5, 5.41) is 8.01. The number of carbonyl (C=O) groups excluding carboxylic acids is 2. The molecule has 0 spiro atoms. The lowest BCUT2D eigenvalue weighted by Gasteiger charge is -2.19. The number of amides is 2. The molecule has 2 N–H and O–H groups in total. The second kappa shape index (κ2) is 9.18. The Bertz CT molecular complexity index is 1270. The molecule has 0 radical (unpaired) electrons. The highest BCUT2D eigenvalue weighted by molar-refractivity contribution is 7.24. The molecule has 186 valence electrons. The van der Waals surface area contributed by atoms with Gasteiger partial charge >= 0.3 is 0 Å². The van der Waals surface area contributed by atoms with Gasteiger partial charge in [0.15, 0.2) is 10.3 Å². The highest BCUT2D eigenvalue weighted by atomic mass is 32.1. The molecule has 6 rings (SSSR count). The molecule has 2 amide bonds. The zero-order valence-electron chi connectivity index (χ0n) is 20.2. The number of benzene rings is 1. The van der Waals surface area contributed by atoms with Gasteiger partial charge in [-0.1, -0.05) is 22.7 Å². The first-order valence-electron chi connectivity index (χ1n) is 12.4. The molecule has 0 saturated carbocycles. The van der Waals surface area contributed by atoms with Gasteiger partial charge in [-0.25, -0.2) is 9.97 Å². The molecule has 3 aromatic rings. The maximum absolute atomic E-state index is 12.8. The van der Waals surface area contributed by atoms with Gasteiger partial charge in [0.1, 0.15) is 0 Å². The summed E-state index contributed by atoms with van der Waals surface area (Å²) in [4.78, 5) is 40.9. The zero-order valence-corrected chi connectivity index (χ0v) is 21.8. The first-order valence-corrected chi connectivity index (χ1v) is 14.0. The minimum atomic E-state index is 0.135. The first kappa shape index (κ1) is 22.9. The quantitative estimate of drug-likeness (QED) is 0.523. The van der Waals surface area contributed by atoms with Crippen molar-refractivity contribution in [1.82, 2.24) is 24.7 Å². The number of rotatable bonds is 6. The Balaban J connectivity index is 1.10. The Morgan fingerprint density at radius 1 is 0.886 bits per heavy atom. The summed E-state index contributed by atoms with van der Waals surface area (Å²) in [5.74, 6) is 1.52. The van der Waals surface area contributed by atoms with Gasteiger partial charge in [-0.05, 0) is 44.7 Å². The number of aryl methyl sites for hydroxylation is 1. The molecular formula is C24H31N7O2S2. The van der Waals surface area contributed by atoms with Crippen molar-refractivity contribution in [2.45, 2.75) is 19.8 Å². The van der Waals surface area contributed by atoms with Crippen LogP contribution in [-0.4, -0.2) is 95.9 Å². The van der Waals surface area contributed by atoms with Crippen LogP contribution in [-0.2, 0) is 9.59 Å². The molecule has 2 aromatic heterocycles. The van der Waals surface area contributed by atoms with Crippen molar-refractivity contribution in [2.24, 2.45) is 11.8 Å². The van der Waals surface area contributed by atoms with E-state index in [1.807, 2.05) is 16.7 Å². The molecule has 2 unspecified atom stereocenters. The molecule has 3 fully saturated rings. The lowest BCUT2D eigenvalue weighted by Crippen LogP contribution is -2.36.